The van der Waals surface area contributed by atoms with E-state index >= 15 is 0 Å². The molecule has 3 nitrogen and oxygen atoms in total. The number of hydrogen-bond acceptors (Lipinski definition) is 2. The predicted octanol–water partition coefficient (Wildman–Crippen LogP) is 3.02. The average Bonchev–Trinajstić information content (AvgIpc) is 3.13. The van der Waals surface area contributed by atoms with Crippen LogP contribution >= 0.6 is 0 Å². The van der Waals surface area contributed by atoms with Gasteiger partial charge in [-0.2, -0.15) is 0 Å². The van der Waals surface area contributed by atoms with Crippen molar-refractivity contribution in [1.82, 2.24) is 4.90 Å². The largest absolute Gasteiger partial charge is 0.311 e. The van der Waals surface area contributed by atoms with Crippen LogP contribution in [0.2, 0.25) is 0 Å². The van der Waals surface area contributed by atoms with Gasteiger partial charge in [-0.25, -0.2) is 0 Å². The number of fused-ring (bicyclic) bond motifs is 5. The molecule has 0 radical (unpaired) electrons. The Morgan fingerprint density at radius 2 is 1.74 bits per heavy atom. The van der Waals surface area contributed by atoms with E-state index in [-0.39, 0.29) is 6.04 Å². The standard InChI is InChI=1S/C20H20N2O/c23-20-19-15(13-22(20)16-7-2-1-3-8-16)12-18-17-9-5-4-6-14(17)10-11-21(18)19/h1-9,15,18-19H,10-13H2. The molecule has 2 saturated heterocycles. The van der Waals surface area contributed by atoms with Crippen LogP contribution in [0, 0.1) is 5.92 Å². The third kappa shape index (κ3) is 1.89. The number of para-hydroxylation sites is 1. The summed E-state index contributed by atoms with van der Waals surface area (Å²) in [7, 11) is 0. The van der Waals surface area contributed by atoms with Gasteiger partial charge in [0.1, 0.15) is 0 Å². The van der Waals surface area contributed by atoms with E-state index in [1.54, 1.807) is 0 Å². The van der Waals surface area contributed by atoms with Gasteiger partial charge in [0.15, 0.2) is 0 Å². The Labute approximate surface area is 136 Å². The molecule has 3 atom stereocenters. The molecule has 23 heavy (non-hydrogen) atoms. The SMILES string of the molecule is O=C1C2C(CC3c4ccccc4CCN32)CN1c1ccccc1. The number of anilines is 1. The molecule has 0 aromatic heterocycles. The lowest BCUT2D eigenvalue weighted by molar-refractivity contribution is -0.121. The zero-order valence-corrected chi connectivity index (χ0v) is 13.1. The molecule has 0 spiro atoms. The molecule has 0 N–H and O–H groups in total. The Hall–Kier alpha value is -2.13. The van der Waals surface area contributed by atoms with Gasteiger partial charge in [0.05, 0.1) is 6.04 Å². The van der Waals surface area contributed by atoms with E-state index in [1.165, 1.54) is 11.1 Å². The van der Waals surface area contributed by atoms with Crippen molar-refractivity contribution in [3.63, 3.8) is 0 Å². The number of hydrogen-bond donors (Lipinski definition) is 0. The number of carbonyl (C=O) groups excluding carboxylic acids is 1. The minimum Gasteiger partial charge on any atom is -0.311 e. The molecular formula is C20H20N2O. The van der Waals surface area contributed by atoms with Crippen molar-refractivity contribution in [2.45, 2.75) is 24.9 Å². The predicted molar refractivity (Wildman–Crippen MR) is 90.3 cm³/mol. The maximum atomic E-state index is 13.0. The molecule has 3 aliphatic heterocycles. The van der Waals surface area contributed by atoms with E-state index in [9.17, 15) is 4.79 Å². The Balaban J connectivity index is 1.47. The molecule has 3 heteroatoms. The number of carbonyl (C=O) groups is 1. The Morgan fingerprint density at radius 1 is 0.957 bits per heavy atom. The monoisotopic (exact) mass is 304 g/mol. The fraction of sp³-hybridized carbons (Fsp3) is 0.350. The molecule has 2 aromatic rings. The minimum atomic E-state index is 0.0774. The van der Waals surface area contributed by atoms with Gasteiger partial charge in [0.2, 0.25) is 5.91 Å². The summed E-state index contributed by atoms with van der Waals surface area (Å²) in [6.07, 6.45) is 2.17. The third-order valence-electron chi connectivity index (χ3n) is 5.79. The van der Waals surface area contributed by atoms with Crippen LogP contribution in [-0.2, 0) is 11.2 Å². The number of rotatable bonds is 1. The first kappa shape index (κ1) is 13.3. The molecule has 2 aromatic carbocycles. The van der Waals surface area contributed by atoms with Gasteiger partial charge in [-0.15, -0.1) is 0 Å². The van der Waals surface area contributed by atoms with Gasteiger partial charge in [-0.1, -0.05) is 42.5 Å². The molecular weight excluding hydrogens is 284 g/mol. The van der Waals surface area contributed by atoms with Crippen molar-refractivity contribution in [2.24, 2.45) is 5.92 Å². The van der Waals surface area contributed by atoms with Crippen LogP contribution in [-0.4, -0.2) is 29.9 Å². The topological polar surface area (TPSA) is 23.6 Å². The smallest absolute Gasteiger partial charge is 0.244 e. The van der Waals surface area contributed by atoms with Crippen LogP contribution in [0.25, 0.3) is 0 Å². The summed E-state index contributed by atoms with van der Waals surface area (Å²) in [6.45, 7) is 1.87. The molecule has 3 heterocycles. The second-order valence-electron chi connectivity index (χ2n) is 6.93. The third-order valence-corrected chi connectivity index (χ3v) is 5.79. The zero-order chi connectivity index (χ0) is 15.4. The van der Waals surface area contributed by atoms with E-state index in [0.717, 1.165) is 31.6 Å². The second-order valence-corrected chi connectivity index (χ2v) is 6.93. The van der Waals surface area contributed by atoms with Crippen LogP contribution in [0.4, 0.5) is 5.69 Å². The van der Waals surface area contributed by atoms with Crippen molar-refractivity contribution in [1.29, 1.82) is 0 Å². The molecule has 2 fully saturated rings. The van der Waals surface area contributed by atoms with Gasteiger partial charge in [-0.05, 0) is 36.1 Å². The number of nitrogens with zero attached hydrogens (tertiary/aromatic N) is 2. The number of amides is 1. The average molecular weight is 304 g/mol. The highest BCUT2D eigenvalue weighted by Crippen LogP contribution is 2.47. The molecule has 1 amide bonds. The highest BCUT2D eigenvalue weighted by Gasteiger charge is 2.53. The highest BCUT2D eigenvalue weighted by molar-refractivity contribution is 6.00. The van der Waals surface area contributed by atoms with Gasteiger partial charge >= 0.3 is 0 Å². The lowest BCUT2D eigenvalue weighted by Gasteiger charge is -2.35. The van der Waals surface area contributed by atoms with E-state index in [1.807, 2.05) is 35.2 Å². The van der Waals surface area contributed by atoms with E-state index < -0.39 is 0 Å². The van der Waals surface area contributed by atoms with Crippen LogP contribution < -0.4 is 4.90 Å². The quantitative estimate of drug-likeness (QED) is 0.808. The van der Waals surface area contributed by atoms with Gasteiger partial charge in [0, 0.05) is 30.7 Å². The van der Waals surface area contributed by atoms with Crippen molar-refractivity contribution >= 4 is 11.6 Å². The van der Waals surface area contributed by atoms with E-state index in [4.69, 9.17) is 0 Å². The Morgan fingerprint density at radius 3 is 2.61 bits per heavy atom. The fourth-order valence-electron chi connectivity index (χ4n) is 4.80. The molecule has 0 bridgehead atoms. The van der Waals surface area contributed by atoms with Crippen molar-refractivity contribution < 1.29 is 4.79 Å². The Bertz CT molecular complexity index is 757. The molecule has 0 saturated carbocycles. The van der Waals surface area contributed by atoms with Crippen LogP contribution in [0.5, 0.6) is 0 Å². The number of benzene rings is 2. The van der Waals surface area contributed by atoms with Gasteiger partial charge in [0.25, 0.3) is 0 Å². The maximum absolute atomic E-state index is 13.0. The normalized spacial score (nSPS) is 29.3. The zero-order valence-electron chi connectivity index (χ0n) is 13.1. The highest BCUT2D eigenvalue weighted by atomic mass is 16.2. The maximum Gasteiger partial charge on any atom is 0.244 e. The van der Waals surface area contributed by atoms with Crippen LogP contribution in [0.1, 0.15) is 23.6 Å². The van der Waals surface area contributed by atoms with Crippen LogP contribution in [0.15, 0.2) is 54.6 Å². The van der Waals surface area contributed by atoms with Crippen molar-refractivity contribution in [3.05, 3.63) is 65.7 Å². The Kier molecular flexibility index (Phi) is 2.86. The van der Waals surface area contributed by atoms with Crippen molar-refractivity contribution in [3.8, 4) is 0 Å². The molecule has 3 unspecified atom stereocenters. The summed E-state index contributed by atoms with van der Waals surface area (Å²) < 4.78 is 0. The lowest BCUT2D eigenvalue weighted by Crippen LogP contribution is -2.44. The first-order valence-electron chi connectivity index (χ1n) is 8.53. The van der Waals surface area contributed by atoms with Gasteiger partial charge in [-0.3, -0.25) is 9.69 Å². The summed E-state index contributed by atoms with van der Waals surface area (Å²) in [5, 5.41) is 0. The summed E-state index contributed by atoms with van der Waals surface area (Å²) >= 11 is 0. The first-order valence-corrected chi connectivity index (χ1v) is 8.53. The fourth-order valence-corrected chi connectivity index (χ4v) is 4.80. The molecule has 5 rings (SSSR count). The first-order chi connectivity index (χ1) is 11.3. The summed E-state index contributed by atoms with van der Waals surface area (Å²) in [4.78, 5) is 17.5. The summed E-state index contributed by atoms with van der Waals surface area (Å²) in [5.74, 6) is 0.752. The molecule has 3 aliphatic rings. The van der Waals surface area contributed by atoms with E-state index in [2.05, 4.69) is 29.2 Å². The molecule has 116 valence electrons. The summed E-state index contributed by atoms with van der Waals surface area (Å²) in [6, 6.07) is 19.4. The molecule has 0 aliphatic carbocycles. The van der Waals surface area contributed by atoms with Gasteiger partial charge < -0.3 is 4.90 Å². The second kappa shape index (κ2) is 4.93. The van der Waals surface area contributed by atoms with E-state index in [0.29, 0.717) is 17.9 Å². The van der Waals surface area contributed by atoms with Crippen LogP contribution in [0.3, 0.4) is 0 Å². The van der Waals surface area contributed by atoms with Crippen molar-refractivity contribution in [2.75, 3.05) is 18.0 Å². The lowest BCUT2D eigenvalue weighted by atomic mass is 9.91. The minimum absolute atomic E-state index is 0.0774. The summed E-state index contributed by atoms with van der Waals surface area (Å²) in [5.41, 5.74) is 3.97.